The molecule has 1 atom stereocenters. The first kappa shape index (κ1) is 31.9. The number of hydrogen-bond acceptors (Lipinski definition) is 3. The molecule has 6 aromatic rings. The van der Waals surface area contributed by atoms with E-state index in [1.165, 1.54) is 27.6 Å². The van der Waals surface area contributed by atoms with Crippen LogP contribution in [0.15, 0.2) is 150 Å². The van der Waals surface area contributed by atoms with E-state index in [9.17, 15) is 0 Å². The van der Waals surface area contributed by atoms with Crippen LogP contribution in [0.1, 0.15) is 22.9 Å². The molecule has 3 aromatic carbocycles. The van der Waals surface area contributed by atoms with Gasteiger partial charge >= 0.3 is 20.1 Å². The topological polar surface area (TPSA) is 38.7 Å². The Balaban J connectivity index is 0.000000137. The first-order valence-corrected chi connectivity index (χ1v) is 14.5. The van der Waals surface area contributed by atoms with Gasteiger partial charge in [-0.3, -0.25) is 16.0 Å². The quantitative estimate of drug-likeness (QED) is 0.114. The van der Waals surface area contributed by atoms with Gasteiger partial charge in [-0.15, -0.1) is 57.0 Å². The minimum Gasteiger partial charge on any atom is -0.304 e. The number of pyridine rings is 3. The van der Waals surface area contributed by atoms with Crippen LogP contribution in [0.25, 0.3) is 21.7 Å². The fourth-order valence-corrected chi connectivity index (χ4v) is 4.88. The zero-order chi connectivity index (χ0) is 29.0. The molecule has 2 aliphatic carbocycles. The molecule has 0 amide bonds. The van der Waals surface area contributed by atoms with Gasteiger partial charge in [-0.2, -0.15) is 30.3 Å². The van der Waals surface area contributed by atoms with Crippen molar-refractivity contribution in [3.05, 3.63) is 185 Å². The van der Waals surface area contributed by atoms with Gasteiger partial charge in [0.25, 0.3) is 0 Å². The molecule has 1 unspecified atom stereocenters. The van der Waals surface area contributed by atoms with Crippen molar-refractivity contribution < 1.29 is 20.1 Å². The van der Waals surface area contributed by atoms with E-state index in [1.54, 1.807) is 6.20 Å². The summed E-state index contributed by atoms with van der Waals surface area (Å²) in [5.74, 6) is 0.268. The summed E-state index contributed by atoms with van der Waals surface area (Å²) in [6, 6.07) is 38.0. The molecule has 0 N–H and O–H groups in total. The van der Waals surface area contributed by atoms with Gasteiger partial charge in [0.1, 0.15) is 0 Å². The molecule has 212 valence electrons. The number of benzene rings is 3. The number of allylic oxidation sites excluding steroid dienone is 6. The number of fused-ring (bicyclic) bond motifs is 6. The van der Waals surface area contributed by atoms with Crippen molar-refractivity contribution in [2.24, 2.45) is 0 Å². The first-order valence-electron chi connectivity index (χ1n) is 13.7. The second-order valence-electron chi connectivity index (χ2n) is 9.55. The van der Waals surface area contributed by atoms with Crippen molar-refractivity contribution in [1.82, 2.24) is 15.0 Å². The Morgan fingerprint density at radius 3 is 2.33 bits per heavy atom. The summed E-state index contributed by atoms with van der Waals surface area (Å²) in [4.78, 5) is 12.8. The maximum Gasteiger partial charge on any atom is 3.00 e. The maximum atomic E-state index is 4.45. The SMILES string of the molecule is Brc1c[c-]ccc1.Cc1ccccn1.[C-]1=CC=CC2=CCc3cccnc3C12.[Ir+3].[c-]1cccc2ccc3cccnc3c12. The van der Waals surface area contributed by atoms with Gasteiger partial charge in [-0.1, -0.05) is 46.5 Å². The molecule has 0 saturated carbocycles. The minimum atomic E-state index is 0. The average Bonchev–Trinajstić information content (AvgIpc) is 3.06. The van der Waals surface area contributed by atoms with Crippen molar-refractivity contribution in [2.45, 2.75) is 19.3 Å². The molecule has 0 spiro atoms. The molecule has 2 aliphatic rings. The standard InChI is InChI=1S/C13H10N.C13H8N.C6H4Br.C6H7N.Ir/c2*1-2-6-12-10(4-1)7-8-11-5-3-9-14-13(11)12;7-6-4-2-1-3-5-6;1-6-4-2-3-5-7-6;/h1-5,7,9,12H,8H2;1-5,7-9H;1-2,4-5H;2-5H,1H3;/q3*-1;;+3. The van der Waals surface area contributed by atoms with Crippen LogP contribution in [-0.4, -0.2) is 15.0 Å². The molecular formula is C38H29BrIrN3. The Morgan fingerprint density at radius 2 is 1.58 bits per heavy atom. The van der Waals surface area contributed by atoms with Crippen molar-refractivity contribution in [3.8, 4) is 0 Å². The molecule has 8 rings (SSSR count). The van der Waals surface area contributed by atoms with E-state index in [2.05, 4.69) is 91.6 Å². The van der Waals surface area contributed by atoms with Gasteiger partial charge in [0.2, 0.25) is 0 Å². The van der Waals surface area contributed by atoms with E-state index in [1.807, 2.05) is 98.2 Å². The van der Waals surface area contributed by atoms with Crippen LogP contribution < -0.4 is 0 Å². The zero-order valence-corrected chi connectivity index (χ0v) is 27.6. The van der Waals surface area contributed by atoms with Gasteiger partial charge in [0.15, 0.2) is 0 Å². The Morgan fingerprint density at radius 1 is 0.791 bits per heavy atom. The van der Waals surface area contributed by atoms with Crippen LogP contribution in [0.3, 0.4) is 0 Å². The van der Waals surface area contributed by atoms with Crippen LogP contribution >= 0.6 is 15.9 Å². The van der Waals surface area contributed by atoms with Gasteiger partial charge in [0.05, 0.1) is 0 Å². The van der Waals surface area contributed by atoms with E-state index in [0.29, 0.717) is 0 Å². The second kappa shape index (κ2) is 16.6. The Labute approximate surface area is 275 Å². The zero-order valence-electron chi connectivity index (χ0n) is 23.6. The Kier molecular flexibility index (Phi) is 12.3. The summed E-state index contributed by atoms with van der Waals surface area (Å²) >= 11 is 3.28. The molecule has 3 aromatic heterocycles. The van der Waals surface area contributed by atoms with Crippen molar-refractivity contribution in [1.29, 1.82) is 0 Å². The third-order valence-corrected chi connectivity index (χ3v) is 7.12. The fourth-order valence-electron chi connectivity index (χ4n) is 4.59. The third kappa shape index (κ3) is 8.98. The summed E-state index contributed by atoms with van der Waals surface area (Å²) in [6.07, 6.45) is 18.2. The Bertz CT molecular complexity index is 1740. The maximum absolute atomic E-state index is 4.45. The third-order valence-electron chi connectivity index (χ3n) is 6.63. The smallest absolute Gasteiger partial charge is 0.304 e. The predicted octanol–water partition coefficient (Wildman–Crippen LogP) is 9.40. The van der Waals surface area contributed by atoms with Crippen LogP contribution in [0.2, 0.25) is 0 Å². The average molecular weight is 800 g/mol. The van der Waals surface area contributed by atoms with Crippen LogP contribution in [0, 0.1) is 25.1 Å². The first-order chi connectivity index (χ1) is 20.7. The number of rotatable bonds is 0. The molecule has 3 nitrogen and oxygen atoms in total. The summed E-state index contributed by atoms with van der Waals surface area (Å²) < 4.78 is 1.08. The van der Waals surface area contributed by atoms with E-state index in [-0.39, 0.29) is 26.0 Å². The van der Waals surface area contributed by atoms with E-state index < -0.39 is 0 Å². The fraction of sp³-hybridized carbons (Fsp3) is 0.0789. The normalized spacial score (nSPS) is 13.7. The number of hydrogen-bond donors (Lipinski definition) is 0. The largest absolute Gasteiger partial charge is 3.00 e. The molecular weight excluding hydrogens is 771 g/mol. The molecule has 0 radical (unpaired) electrons. The molecule has 43 heavy (non-hydrogen) atoms. The van der Waals surface area contributed by atoms with Crippen LogP contribution in [-0.2, 0) is 26.5 Å². The van der Waals surface area contributed by atoms with Crippen LogP contribution in [0.5, 0.6) is 0 Å². The van der Waals surface area contributed by atoms with E-state index >= 15 is 0 Å². The van der Waals surface area contributed by atoms with Gasteiger partial charge in [-0.05, 0) is 60.0 Å². The number of aryl methyl sites for hydroxylation is 1. The minimum absolute atomic E-state index is 0. The van der Waals surface area contributed by atoms with Gasteiger partial charge in [0, 0.05) is 30.0 Å². The monoisotopic (exact) mass is 799 g/mol. The van der Waals surface area contributed by atoms with E-state index in [4.69, 9.17) is 0 Å². The molecule has 0 bridgehead atoms. The summed E-state index contributed by atoms with van der Waals surface area (Å²) in [6.45, 7) is 1.97. The number of nitrogens with zero attached hydrogens (tertiary/aromatic N) is 3. The summed E-state index contributed by atoms with van der Waals surface area (Å²) in [7, 11) is 0. The van der Waals surface area contributed by atoms with Gasteiger partial charge in [-0.25, -0.2) is 12.2 Å². The number of aromatic nitrogens is 3. The van der Waals surface area contributed by atoms with Crippen molar-refractivity contribution in [2.75, 3.05) is 0 Å². The van der Waals surface area contributed by atoms with Crippen LogP contribution in [0.4, 0.5) is 0 Å². The molecule has 3 heterocycles. The van der Waals surface area contributed by atoms with Crippen molar-refractivity contribution in [3.63, 3.8) is 0 Å². The number of halogens is 1. The Hall–Kier alpha value is -4.02. The summed E-state index contributed by atoms with van der Waals surface area (Å²) in [5, 5.41) is 3.46. The molecule has 0 aliphatic heterocycles. The summed E-state index contributed by atoms with van der Waals surface area (Å²) in [5.41, 5.74) is 5.94. The van der Waals surface area contributed by atoms with Gasteiger partial charge < -0.3 is 4.98 Å². The predicted molar refractivity (Wildman–Crippen MR) is 176 cm³/mol. The van der Waals surface area contributed by atoms with Crippen molar-refractivity contribution >= 4 is 37.6 Å². The molecule has 5 heteroatoms. The second-order valence-corrected chi connectivity index (χ2v) is 10.5. The van der Waals surface area contributed by atoms with E-state index in [0.717, 1.165) is 27.5 Å². The molecule has 0 saturated heterocycles. The molecule has 0 fully saturated rings.